The van der Waals surface area contributed by atoms with Gasteiger partial charge >= 0.3 is 0 Å². The molecule has 0 saturated carbocycles. The monoisotopic (exact) mass is 331 g/mol. The summed E-state index contributed by atoms with van der Waals surface area (Å²) in [5.41, 5.74) is 6.30. The van der Waals surface area contributed by atoms with Gasteiger partial charge in [0.25, 0.3) is 0 Å². The maximum absolute atomic E-state index is 5.91. The van der Waals surface area contributed by atoms with Crippen LogP contribution < -0.4 is 10.1 Å². The van der Waals surface area contributed by atoms with E-state index in [0.29, 0.717) is 6.61 Å². The molecule has 2 nitrogen and oxygen atoms in total. The molecule has 2 heteroatoms. The van der Waals surface area contributed by atoms with Gasteiger partial charge in [0.05, 0.1) is 6.61 Å². The highest BCUT2D eigenvalue weighted by Crippen LogP contribution is 2.18. The van der Waals surface area contributed by atoms with Gasteiger partial charge in [0.1, 0.15) is 5.75 Å². The van der Waals surface area contributed by atoms with E-state index >= 15 is 0 Å². The van der Waals surface area contributed by atoms with Crippen molar-refractivity contribution in [2.75, 3.05) is 11.9 Å². The highest BCUT2D eigenvalue weighted by Gasteiger charge is 2.00. The average Bonchev–Trinajstić information content (AvgIpc) is 2.64. The third-order valence-electron chi connectivity index (χ3n) is 4.40. The van der Waals surface area contributed by atoms with Crippen molar-refractivity contribution in [3.63, 3.8) is 0 Å². The molecule has 0 spiro atoms. The topological polar surface area (TPSA) is 21.3 Å². The van der Waals surface area contributed by atoms with Crippen molar-refractivity contribution < 1.29 is 4.74 Å². The molecule has 25 heavy (non-hydrogen) atoms. The molecule has 0 atom stereocenters. The second-order valence-electron chi connectivity index (χ2n) is 6.38. The molecule has 3 aromatic rings. The number of benzene rings is 3. The largest absolute Gasteiger partial charge is 0.493 e. The van der Waals surface area contributed by atoms with Crippen molar-refractivity contribution in [2.24, 2.45) is 0 Å². The second kappa shape index (κ2) is 8.39. The summed E-state index contributed by atoms with van der Waals surface area (Å²) in [6.45, 7) is 5.76. The number of hydrogen-bond donors (Lipinski definition) is 1. The highest BCUT2D eigenvalue weighted by atomic mass is 16.5. The third-order valence-corrected chi connectivity index (χ3v) is 4.40. The van der Waals surface area contributed by atoms with E-state index < -0.39 is 0 Å². The molecule has 3 rings (SSSR count). The molecule has 0 aliphatic rings. The van der Waals surface area contributed by atoms with E-state index in [0.717, 1.165) is 24.4 Å². The van der Waals surface area contributed by atoms with Gasteiger partial charge in [0, 0.05) is 18.7 Å². The van der Waals surface area contributed by atoms with Gasteiger partial charge in [-0.1, -0.05) is 48.5 Å². The number of aryl methyl sites for hydroxylation is 2. The first-order valence-corrected chi connectivity index (χ1v) is 8.77. The first-order valence-electron chi connectivity index (χ1n) is 8.77. The van der Waals surface area contributed by atoms with E-state index in [1.807, 2.05) is 12.1 Å². The number of hydrogen-bond acceptors (Lipinski definition) is 2. The van der Waals surface area contributed by atoms with Crippen molar-refractivity contribution in [1.82, 2.24) is 0 Å². The minimum absolute atomic E-state index is 0.693. The van der Waals surface area contributed by atoms with E-state index in [2.05, 4.69) is 79.8 Å². The van der Waals surface area contributed by atoms with Crippen molar-refractivity contribution in [1.29, 1.82) is 0 Å². The van der Waals surface area contributed by atoms with Gasteiger partial charge in [-0.25, -0.2) is 0 Å². The van der Waals surface area contributed by atoms with E-state index in [9.17, 15) is 0 Å². The first kappa shape index (κ1) is 17.1. The molecule has 0 unspecified atom stereocenters. The number of anilines is 1. The fourth-order valence-electron chi connectivity index (χ4n) is 2.73. The van der Waals surface area contributed by atoms with Gasteiger partial charge in [-0.2, -0.15) is 0 Å². The Kier molecular flexibility index (Phi) is 5.73. The van der Waals surface area contributed by atoms with Crippen molar-refractivity contribution >= 4 is 5.69 Å². The standard InChI is InChI=1S/C23H25NO/c1-18-11-12-22(15-19(18)2)24-17-21-9-6-10-23(16-21)25-14-13-20-7-4-3-5-8-20/h3-12,15-16,24H,13-14,17H2,1-2H3. The van der Waals surface area contributed by atoms with Crippen LogP contribution in [0.4, 0.5) is 5.69 Å². The van der Waals surface area contributed by atoms with E-state index in [-0.39, 0.29) is 0 Å². The lowest BCUT2D eigenvalue weighted by Crippen LogP contribution is -2.03. The van der Waals surface area contributed by atoms with Crippen LogP contribution in [0.15, 0.2) is 72.8 Å². The van der Waals surface area contributed by atoms with Crippen LogP contribution in [0, 0.1) is 13.8 Å². The van der Waals surface area contributed by atoms with Gasteiger partial charge in [-0.05, 0) is 60.4 Å². The van der Waals surface area contributed by atoms with Crippen LogP contribution in [0.1, 0.15) is 22.3 Å². The predicted molar refractivity (Wildman–Crippen MR) is 105 cm³/mol. The zero-order valence-corrected chi connectivity index (χ0v) is 15.0. The Bertz CT molecular complexity index is 811. The Morgan fingerprint density at radius 3 is 2.36 bits per heavy atom. The fourth-order valence-corrected chi connectivity index (χ4v) is 2.73. The Hall–Kier alpha value is -2.74. The quantitative estimate of drug-likeness (QED) is 0.614. The molecule has 0 aliphatic heterocycles. The fraction of sp³-hybridized carbons (Fsp3) is 0.217. The maximum Gasteiger partial charge on any atom is 0.119 e. The molecule has 3 aromatic carbocycles. The van der Waals surface area contributed by atoms with Crippen LogP contribution in [0.5, 0.6) is 5.75 Å². The van der Waals surface area contributed by atoms with Crippen LogP contribution >= 0.6 is 0 Å². The van der Waals surface area contributed by atoms with Gasteiger partial charge in [-0.15, -0.1) is 0 Å². The second-order valence-corrected chi connectivity index (χ2v) is 6.38. The number of rotatable bonds is 7. The molecule has 0 fully saturated rings. The molecule has 0 aliphatic carbocycles. The van der Waals surface area contributed by atoms with Crippen LogP contribution in [-0.4, -0.2) is 6.61 Å². The smallest absolute Gasteiger partial charge is 0.119 e. The molecule has 0 bridgehead atoms. The van der Waals surface area contributed by atoms with Gasteiger partial charge in [0.2, 0.25) is 0 Å². The summed E-state index contributed by atoms with van der Waals surface area (Å²) >= 11 is 0. The summed E-state index contributed by atoms with van der Waals surface area (Å²) in [7, 11) is 0. The predicted octanol–water partition coefficient (Wildman–Crippen LogP) is 5.54. The zero-order valence-electron chi connectivity index (χ0n) is 15.0. The molecule has 0 aromatic heterocycles. The maximum atomic E-state index is 5.91. The number of ether oxygens (including phenoxy) is 1. The lowest BCUT2D eigenvalue weighted by atomic mass is 10.1. The Morgan fingerprint density at radius 2 is 1.56 bits per heavy atom. The zero-order chi connectivity index (χ0) is 17.5. The lowest BCUT2D eigenvalue weighted by Gasteiger charge is -2.11. The normalized spacial score (nSPS) is 10.5. The van der Waals surface area contributed by atoms with E-state index in [1.165, 1.54) is 22.3 Å². The minimum Gasteiger partial charge on any atom is -0.493 e. The molecular formula is C23H25NO. The Morgan fingerprint density at radius 1 is 0.760 bits per heavy atom. The van der Waals surface area contributed by atoms with Gasteiger partial charge < -0.3 is 10.1 Å². The number of nitrogens with one attached hydrogen (secondary N) is 1. The average molecular weight is 331 g/mol. The summed E-state index contributed by atoms with van der Waals surface area (Å²) in [6, 6.07) is 25.2. The molecule has 1 N–H and O–H groups in total. The Balaban J connectivity index is 1.53. The summed E-state index contributed by atoms with van der Waals surface area (Å²) in [6.07, 6.45) is 0.923. The molecule has 0 heterocycles. The van der Waals surface area contributed by atoms with Crippen LogP contribution in [0.3, 0.4) is 0 Å². The summed E-state index contributed by atoms with van der Waals surface area (Å²) in [4.78, 5) is 0. The Labute approximate surface area is 150 Å². The highest BCUT2D eigenvalue weighted by molar-refractivity contribution is 5.48. The van der Waals surface area contributed by atoms with Gasteiger partial charge in [0.15, 0.2) is 0 Å². The molecular weight excluding hydrogens is 306 g/mol. The van der Waals surface area contributed by atoms with Crippen LogP contribution in [0.25, 0.3) is 0 Å². The van der Waals surface area contributed by atoms with Crippen molar-refractivity contribution in [3.05, 3.63) is 95.1 Å². The molecule has 0 amide bonds. The van der Waals surface area contributed by atoms with Crippen molar-refractivity contribution in [3.8, 4) is 5.75 Å². The van der Waals surface area contributed by atoms with E-state index in [1.54, 1.807) is 0 Å². The summed E-state index contributed by atoms with van der Waals surface area (Å²) in [5, 5.41) is 3.48. The minimum atomic E-state index is 0.693. The summed E-state index contributed by atoms with van der Waals surface area (Å²) < 4.78 is 5.91. The molecule has 0 radical (unpaired) electrons. The van der Waals surface area contributed by atoms with Crippen LogP contribution in [-0.2, 0) is 13.0 Å². The van der Waals surface area contributed by atoms with E-state index in [4.69, 9.17) is 4.74 Å². The van der Waals surface area contributed by atoms with Crippen LogP contribution in [0.2, 0.25) is 0 Å². The SMILES string of the molecule is Cc1ccc(NCc2cccc(OCCc3ccccc3)c2)cc1C. The summed E-state index contributed by atoms with van der Waals surface area (Å²) in [5.74, 6) is 0.926. The molecule has 128 valence electrons. The molecule has 0 saturated heterocycles. The first-order chi connectivity index (χ1) is 12.2. The lowest BCUT2D eigenvalue weighted by molar-refractivity contribution is 0.321. The third kappa shape index (κ3) is 5.12. The van der Waals surface area contributed by atoms with Gasteiger partial charge in [-0.3, -0.25) is 0 Å². The van der Waals surface area contributed by atoms with Crippen molar-refractivity contribution in [2.45, 2.75) is 26.8 Å².